The zero-order valence-corrected chi connectivity index (χ0v) is 17.8. The van der Waals surface area contributed by atoms with Gasteiger partial charge in [0.15, 0.2) is 0 Å². The number of rotatable bonds is 6. The number of hydrogen-bond donors (Lipinski definition) is 1. The molecule has 5 nitrogen and oxygen atoms in total. The van der Waals surface area contributed by atoms with Crippen molar-refractivity contribution in [3.63, 3.8) is 0 Å². The first-order valence-electron chi connectivity index (χ1n) is 10.1. The Hall–Kier alpha value is -2.21. The maximum atomic E-state index is 12.9. The van der Waals surface area contributed by atoms with Gasteiger partial charge in [0.1, 0.15) is 0 Å². The Kier molecular flexibility index (Phi) is 6.83. The van der Waals surface area contributed by atoms with Gasteiger partial charge in [0.25, 0.3) is 5.91 Å². The quantitative estimate of drug-likeness (QED) is 0.803. The van der Waals surface area contributed by atoms with Gasteiger partial charge in [-0.2, -0.15) is 0 Å². The molecule has 0 unspecified atom stereocenters. The summed E-state index contributed by atoms with van der Waals surface area (Å²) < 4.78 is 0. The standard InChI is InChI=1S/C22H29N3O2S/c1-4-20(26)23-10-9-19-14-28-21(24-19)18-6-5-11-25(13-18)22(27)17-8-7-15(2)16(3)12-17/h7-8,12,14,18H,4-6,9-11,13H2,1-3H3,(H,23,26)/t18-/m1/s1. The predicted molar refractivity (Wildman–Crippen MR) is 113 cm³/mol. The highest BCUT2D eigenvalue weighted by molar-refractivity contribution is 7.09. The molecule has 1 aliphatic rings. The van der Waals surface area contributed by atoms with Crippen LogP contribution in [0.4, 0.5) is 0 Å². The van der Waals surface area contributed by atoms with E-state index in [1.807, 2.05) is 36.9 Å². The van der Waals surface area contributed by atoms with E-state index in [2.05, 4.69) is 17.6 Å². The van der Waals surface area contributed by atoms with Gasteiger partial charge in [0.2, 0.25) is 5.91 Å². The van der Waals surface area contributed by atoms with Gasteiger partial charge in [0, 0.05) is 49.3 Å². The maximum Gasteiger partial charge on any atom is 0.253 e. The first-order chi connectivity index (χ1) is 13.5. The van der Waals surface area contributed by atoms with Crippen LogP contribution in [0.3, 0.4) is 0 Å². The molecule has 1 atom stereocenters. The molecule has 1 aromatic heterocycles. The average molecular weight is 400 g/mol. The van der Waals surface area contributed by atoms with Gasteiger partial charge >= 0.3 is 0 Å². The van der Waals surface area contributed by atoms with E-state index < -0.39 is 0 Å². The normalized spacial score (nSPS) is 16.8. The van der Waals surface area contributed by atoms with Gasteiger partial charge < -0.3 is 10.2 Å². The molecule has 150 valence electrons. The van der Waals surface area contributed by atoms with Crippen molar-refractivity contribution in [2.45, 2.75) is 52.4 Å². The second-order valence-corrected chi connectivity index (χ2v) is 8.41. The summed E-state index contributed by atoms with van der Waals surface area (Å²) in [6, 6.07) is 5.95. The first-order valence-corrected chi connectivity index (χ1v) is 10.9. The number of amides is 2. The van der Waals surface area contributed by atoms with Gasteiger partial charge in [-0.1, -0.05) is 13.0 Å². The molecule has 28 heavy (non-hydrogen) atoms. The minimum Gasteiger partial charge on any atom is -0.356 e. The Labute approximate surface area is 171 Å². The Morgan fingerprint density at radius 3 is 2.86 bits per heavy atom. The number of aromatic nitrogens is 1. The molecule has 0 aliphatic carbocycles. The van der Waals surface area contributed by atoms with E-state index in [4.69, 9.17) is 4.98 Å². The summed E-state index contributed by atoms with van der Waals surface area (Å²) >= 11 is 1.67. The van der Waals surface area contributed by atoms with Crippen LogP contribution >= 0.6 is 11.3 Å². The number of hydrogen-bond acceptors (Lipinski definition) is 4. The number of aryl methyl sites for hydroxylation is 2. The molecule has 2 heterocycles. The van der Waals surface area contributed by atoms with E-state index in [1.54, 1.807) is 11.3 Å². The van der Waals surface area contributed by atoms with Crippen LogP contribution in [0.25, 0.3) is 0 Å². The molecule has 1 aliphatic heterocycles. The van der Waals surface area contributed by atoms with Crippen molar-refractivity contribution >= 4 is 23.2 Å². The molecular formula is C22H29N3O2S. The van der Waals surface area contributed by atoms with Crippen molar-refractivity contribution in [2.75, 3.05) is 19.6 Å². The van der Waals surface area contributed by atoms with Gasteiger partial charge in [-0.25, -0.2) is 4.98 Å². The topological polar surface area (TPSA) is 62.3 Å². The molecule has 0 bridgehead atoms. The maximum absolute atomic E-state index is 12.9. The van der Waals surface area contributed by atoms with Gasteiger partial charge in [-0.3, -0.25) is 9.59 Å². The lowest BCUT2D eigenvalue weighted by molar-refractivity contribution is -0.120. The molecular weight excluding hydrogens is 370 g/mol. The molecule has 0 spiro atoms. The summed E-state index contributed by atoms with van der Waals surface area (Å²) in [6.07, 6.45) is 3.33. The second-order valence-electron chi connectivity index (χ2n) is 7.52. The molecule has 1 saturated heterocycles. The van der Waals surface area contributed by atoms with Gasteiger partial charge in [0.05, 0.1) is 10.7 Å². The summed E-state index contributed by atoms with van der Waals surface area (Å²) in [6.45, 7) is 8.12. The average Bonchev–Trinajstić information content (AvgIpc) is 3.18. The third kappa shape index (κ3) is 4.98. The number of nitrogens with zero attached hydrogens (tertiary/aromatic N) is 2. The fourth-order valence-corrected chi connectivity index (χ4v) is 4.48. The highest BCUT2D eigenvalue weighted by Crippen LogP contribution is 2.30. The lowest BCUT2D eigenvalue weighted by Crippen LogP contribution is -2.39. The largest absolute Gasteiger partial charge is 0.356 e. The first kappa shape index (κ1) is 20.5. The van der Waals surface area contributed by atoms with E-state index in [9.17, 15) is 9.59 Å². The van der Waals surface area contributed by atoms with E-state index in [-0.39, 0.29) is 11.8 Å². The van der Waals surface area contributed by atoms with Crippen LogP contribution < -0.4 is 5.32 Å². The fraction of sp³-hybridized carbons (Fsp3) is 0.500. The summed E-state index contributed by atoms with van der Waals surface area (Å²) in [5.41, 5.74) is 4.15. The van der Waals surface area contributed by atoms with E-state index in [0.29, 0.717) is 18.9 Å². The molecule has 2 amide bonds. The lowest BCUT2D eigenvalue weighted by Gasteiger charge is -2.32. The zero-order chi connectivity index (χ0) is 20.1. The highest BCUT2D eigenvalue weighted by atomic mass is 32.1. The SMILES string of the molecule is CCC(=O)NCCc1csc([C@@H]2CCCN(C(=O)c3ccc(C)c(C)c3)C2)n1. The molecule has 3 rings (SSSR count). The third-order valence-electron chi connectivity index (χ3n) is 5.41. The number of carbonyl (C=O) groups is 2. The van der Waals surface area contributed by atoms with Crippen LogP contribution in [0, 0.1) is 13.8 Å². The van der Waals surface area contributed by atoms with E-state index in [0.717, 1.165) is 54.2 Å². The molecule has 0 saturated carbocycles. The molecule has 1 aromatic carbocycles. The van der Waals surface area contributed by atoms with Gasteiger partial charge in [-0.05, 0) is 49.9 Å². The zero-order valence-electron chi connectivity index (χ0n) is 17.0. The monoisotopic (exact) mass is 399 g/mol. The number of carbonyl (C=O) groups excluding carboxylic acids is 2. The van der Waals surface area contributed by atoms with Crippen molar-refractivity contribution < 1.29 is 9.59 Å². The molecule has 2 aromatic rings. The van der Waals surface area contributed by atoms with Crippen molar-refractivity contribution in [3.05, 3.63) is 51.0 Å². The third-order valence-corrected chi connectivity index (χ3v) is 6.46. The summed E-state index contributed by atoms with van der Waals surface area (Å²) in [5, 5.41) is 6.08. The Bertz CT molecular complexity index is 846. The second kappa shape index (κ2) is 9.32. The van der Waals surface area contributed by atoms with E-state index >= 15 is 0 Å². The summed E-state index contributed by atoms with van der Waals surface area (Å²) in [7, 11) is 0. The molecule has 1 N–H and O–H groups in total. The predicted octanol–water partition coefficient (Wildman–Crippen LogP) is 3.85. The van der Waals surface area contributed by atoms with Crippen LogP contribution in [0.15, 0.2) is 23.6 Å². The summed E-state index contributed by atoms with van der Waals surface area (Å²) in [4.78, 5) is 31.0. The Morgan fingerprint density at radius 1 is 1.29 bits per heavy atom. The van der Waals surface area contributed by atoms with Crippen molar-refractivity contribution in [2.24, 2.45) is 0 Å². The van der Waals surface area contributed by atoms with Crippen molar-refractivity contribution in [3.8, 4) is 0 Å². The molecule has 6 heteroatoms. The lowest BCUT2D eigenvalue weighted by atomic mass is 9.97. The van der Waals surface area contributed by atoms with Crippen LogP contribution in [-0.4, -0.2) is 41.3 Å². The number of nitrogens with one attached hydrogen (secondary N) is 1. The van der Waals surface area contributed by atoms with E-state index in [1.165, 1.54) is 5.56 Å². The van der Waals surface area contributed by atoms with Crippen molar-refractivity contribution in [1.29, 1.82) is 0 Å². The minimum absolute atomic E-state index is 0.0724. The van der Waals surface area contributed by atoms with Crippen LogP contribution in [0.5, 0.6) is 0 Å². The Morgan fingerprint density at radius 2 is 2.11 bits per heavy atom. The molecule has 1 fully saturated rings. The summed E-state index contributed by atoms with van der Waals surface area (Å²) in [5.74, 6) is 0.489. The van der Waals surface area contributed by atoms with Gasteiger partial charge in [-0.15, -0.1) is 11.3 Å². The van der Waals surface area contributed by atoms with Crippen LogP contribution in [0.1, 0.15) is 64.3 Å². The highest BCUT2D eigenvalue weighted by Gasteiger charge is 2.27. The number of likely N-dealkylation sites (tertiary alicyclic amines) is 1. The minimum atomic E-state index is 0.0724. The van der Waals surface area contributed by atoms with Crippen LogP contribution in [0.2, 0.25) is 0 Å². The fourth-order valence-electron chi connectivity index (χ4n) is 3.50. The van der Waals surface area contributed by atoms with Crippen molar-refractivity contribution in [1.82, 2.24) is 15.2 Å². The Balaban J connectivity index is 1.61. The number of benzene rings is 1. The molecule has 0 radical (unpaired) electrons. The smallest absolute Gasteiger partial charge is 0.253 e. The number of thiazole rings is 1. The number of piperidine rings is 1. The van der Waals surface area contributed by atoms with Crippen LogP contribution in [-0.2, 0) is 11.2 Å².